The Labute approximate surface area is 158 Å². The quantitative estimate of drug-likeness (QED) is 0.559. The molecule has 1 aromatic heterocycles. The van der Waals surface area contributed by atoms with E-state index in [-0.39, 0.29) is 18.0 Å². The van der Waals surface area contributed by atoms with E-state index in [9.17, 15) is 9.59 Å². The zero-order chi connectivity index (χ0) is 18.6. The maximum atomic E-state index is 12.4. The smallest absolute Gasteiger partial charge is 0.410 e. The van der Waals surface area contributed by atoms with Gasteiger partial charge in [-0.3, -0.25) is 4.79 Å². The molecule has 0 N–H and O–H groups in total. The second-order valence-electron chi connectivity index (χ2n) is 7.02. The van der Waals surface area contributed by atoms with Crippen LogP contribution in [0.25, 0.3) is 0 Å². The highest BCUT2D eigenvalue weighted by molar-refractivity contribution is 7.99. The molecule has 2 fully saturated rings. The van der Waals surface area contributed by atoms with E-state index >= 15 is 0 Å². The van der Waals surface area contributed by atoms with Crippen molar-refractivity contribution in [2.24, 2.45) is 0 Å². The van der Waals surface area contributed by atoms with Crippen LogP contribution in [0.4, 0.5) is 4.79 Å². The van der Waals surface area contributed by atoms with Gasteiger partial charge < -0.3 is 14.5 Å². The number of ether oxygens (including phenoxy) is 1. The van der Waals surface area contributed by atoms with Gasteiger partial charge in [0.25, 0.3) is 0 Å². The monoisotopic (exact) mass is 378 g/mol. The van der Waals surface area contributed by atoms with Crippen LogP contribution in [0.1, 0.15) is 39.5 Å². The molecular formula is C18H26N4O3S. The van der Waals surface area contributed by atoms with Crippen LogP contribution in [0.3, 0.4) is 0 Å². The van der Waals surface area contributed by atoms with E-state index in [1.54, 1.807) is 18.5 Å². The molecule has 0 radical (unpaired) electrons. The van der Waals surface area contributed by atoms with Crippen LogP contribution in [0.5, 0.6) is 0 Å². The van der Waals surface area contributed by atoms with Crippen LogP contribution in [0, 0.1) is 0 Å². The number of nitrogens with zero attached hydrogens (tertiary/aromatic N) is 4. The van der Waals surface area contributed by atoms with Crippen molar-refractivity contribution in [2.45, 2.75) is 56.3 Å². The number of carbonyl (C=O) groups is 2. The van der Waals surface area contributed by atoms with Crippen molar-refractivity contribution in [1.82, 2.24) is 19.8 Å². The first-order valence-electron chi connectivity index (χ1n) is 9.20. The molecule has 1 spiro atoms. The number of hydrogen-bond donors (Lipinski definition) is 0. The number of hydrogen-bond acceptors (Lipinski definition) is 6. The molecule has 0 aromatic carbocycles. The van der Waals surface area contributed by atoms with Gasteiger partial charge in [-0.05, 0) is 19.4 Å². The molecule has 0 aliphatic carbocycles. The van der Waals surface area contributed by atoms with Crippen molar-refractivity contribution in [1.29, 1.82) is 0 Å². The van der Waals surface area contributed by atoms with Gasteiger partial charge >= 0.3 is 6.09 Å². The van der Waals surface area contributed by atoms with Crippen molar-refractivity contribution in [3.05, 3.63) is 18.5 Å². The predicted octanol–water partition coefficient (Wildman–Crippen LogP) is 2.57. The van der Waals surface area contributed by atoms with Gasteiger partial charge in [-0.15, -0.1) is 0 Å². The minimum absolute atomic E-state index is 0.0813. The van der Waals surface area contributed by atoms with Gasteiger partial charge in [-0.1, -0.05) is 25.1 Å². The number of rotatable bonds is 6. The summed E-state index contributed by atoms with van der Waals surface area (Å²) in [4.78, 5) is 36.6. The zero-order valence-corrected chi connectivity index (χ0v) is 16.2. The molecule has 3 rings (SSSR count). The summed E-state index contributed by atoms with van der Waals surface area (Å²) < 4.78 is 5.75. The Morgan fingerprint density at radius 2 is 2.04 bits per heavy atom. The minimum atomic E-state index is -0.425. The van der Waals surface area contributed by atoms with Crippen LogP contribution in [0.2, 0.25) is 0 Å². The first kappa shape index (κ1) is 18.9. The summed E-state index contributed by atoms with van der Waals surface area (Å²) in [5.41, 5.74) is -0.425. The molecule has 2 amide bonds. The summed E-state index contributed by atoms with van der Waals surface area (Å²) in [5.74, 6) is 0.411. The molecule has 2 aliphatic heterocycles. The van der Waals surface area contributed by atoms with Gasteiger partial charge in [0.15, 0.2) is 5.16 Å². The van der Waals surface area contributed by atoms with Crippen molar-refractivity contribution in [3.63, 3.8) is 0 Å². The predicted molar refractivity (Wildman–Crippen MR) is 98.9 cm³/mol. The lowest BCUT2D eigenvalue weighted by Gasteiger charge is -2.37. The van der Waals surface area contributed by atoms with E-state index in [4.69, 9.17) is 4.74 Å². The maximum absolute atomic E-state index is 12.4. The summed E-state index contributed by atoms with van der Waals surface area (Å²) in [7, 11) is 0. The summed E-state index contributed by atoms with van der Waals surface area (Å²) in [6.07, 6.45) is 6.56. The Morgan fingerprint density at radius 3 is 2.69 bits per heavy atom. The van der Waals surface area contributed by atoms with Crippen LogP contribution in [0.15, 0.2) is 23.6 Å². The fourth-order valence-corrected chi connectivity index (χ4v) is 4.27. The molecule has 26 heavy (non-hydrogen) atoms. The summed E-state index contributed by atoms with van der Waals surface area (Å²) in [6, 6.07) is 1.96. The van der Waals surface area contributed by atoms with Crippen LogP contribution in [-0.2, 0) is 9.53 Å². The lowest BCUT2D eigenvalue weighted by atomic mass is 9.91. The van der Waals surface area contributed by atoms with Gasteiger partial charge in [0, 0.05) is 44.4 Å². The Morgan fingerprint density at radius 1 is 1.35 bits per heavy atom. The first-order chi connectivity index (χ1) is 12.5. The summed E-state index contributed by atoms with van der Waals surface area (Å²) >= 11 is 1.35. The van der Waals surface area contributed by atoms with E-state index in [1.807, 2.05) is 9.80 Å². The Balaban J connectivity index is 1.49. The Bertz CT molecular complexity index is 635. The molecule has 0 saturated carbocycles. The van der Waals surface area contributed by atoms with Gasteiger partial charge in [0.1, 0.15) is 5.60 Å². The van der Waals surface area contributed by atoms with Gasteiger partial charge in [-0.2, -0.15) is 0 Å². The van der Waals surface area contributed by atoms with E-state index < -0.39 is 5.60 Å². The average molecular weight is 378 g/mol. The molecule has 7 nitrogen and oxygen atoms in total. The SMILES string of the molecule is CCCC(C)N1CC2(CCN(C(=O)CSc3ncccn3)CC2)OC1=O. The van der Waals surface area contributed by atoms with Crippen molar-refractivity contribution in [3.8, 4) is 0 Å². The second-order valence-corrected chi connectivity index (χ2v) is 7.96. The lowest BCUT2D eigenvalue weighted by molar-refractivity contribution is -0.131. The normalized spacial score (nSPS) is 20.3. The number of thioether (sulfide) groups is 1. The summed E-state index contributed by atoms with van der Waals surface area (Å²) in [6.45, 7) is 6.08. The maximum Gasteiger partial charge on any atom is 0.410 e. The van der Waals surface area contributed by atoms with E-state index in [0.29, 0.717) is 43.4 Å². The third kappa shape index (κ3) is 4.28. The zero-order valence-electron chi connectivity index (χ0n) is 15.4. The van der Waals surface area contributed by atoms with Crippen LogP contribution >= 0.6 is 11.8 Å². The number of likely N-dealkylation sites (tertiary alicyclic amines) is 1. The average Bonchev–Trinajstić information content (AvgIpc) is 2.97. The molecular weight excluding hydrogens is 352 g/mol. The molecule has 1 unspecified atom stereocenters. The lowest BCUT2D eigenvalue weighted by Crippen LogP contribution is -2.49. The van der Waals surface area contributed by atoms with Crippen LogP contribution in [-0.4, -0.2) is 68.8 Å². The fourth-order valence-electron chi connectivity index (χ4n) is 3.56. The van der Waals surface area contributed by atoms with E-state index in [0.717, 1.165) is 12.8 Å². The van der Waals surface area contributed by atoms with Gasteiger partial charge in [-0.25, -0.2) is 14.8 Å². The highest BCUT2D eigenvalue weighted by Crippen LogP contribution is 2.35. The highest BCUT2D eigenvalue weighted by atomic mass is 32.2. The molecule has 1 atom stereocenters. The molecule has 3 heterocycles. The second kappa shape index (κ2) is 8.24. The van der Waals surface area contributed by atoms with Crippen molar-refractivity contribution in [2.75, 3.05) is 25.4 Å². The molecule has 2 aliphatic rings. The van der Waals surface area contributed by atoms with E-state index in [1.165, 1.54) is 11.8 Å². The third-order valence-corrected chi connectivity index (χ3v) is 5.99. The third-order valence-electron chi connectivity index (χ3n) is 5.13. The fraction of sp³-hybridized carbons (Fsp3) is 0.667. The standard InChI is InChI=1S/C18H26N4O3S/c1-3-5-14(2)22-13-18(25-17(22)24)6-10-21(11-7-18)15(23)12-26-16-19-8-4-9-20-16/h4,8-9,14H,3,5-7,10-13H2,1-2H3. The van der Waals surface area contributed by atoms with E-state index in [2.05, 4.69) is 23.8 Å². The molecule has 1 aromatic rings. The van der Waals surface area contributed by atoms with Gasteiger partial charge in [0.2, 0.25) is 5.91 Å². The number of amides is 2. The van der Waals surface area contributed by atoms with Crippen molar-refractivity contribution >= 4 is 23.8 Å². The van der Waals surface area contributed by atoms with Gasteiger partial charge in [0.05, 0.1) is 12.3 Å². The first-order valence-corrected chi connectivity index (χ1v) is 10.2. The number of carbonyl (C=O) groups excluding carboxylic acids is 2. The number of piperidine rings is 1. The summed E-state index contributed by atoms with van der Waals surface area (Å²) in [5, 5.41) is 0.611. The topological polar surface area (TPSA) is 75.6 Å². The largest absolute Gasteiger partial charge is 0.441 e. The number of aromatic nitrogens is 2. The molecule has 0 bridgehead atoms. The molecule has 8 heteroatoms. The molecule has 142 valence electrons. The Kier molecular flexibility index (Phi) is 6.01. The minimum Gasteiger partial charge on any atom is -0.441 e. The highest BCUT2D eigenvalue weighted by Gasteiger charge is 2.48. The Hall–Kier alpha value is -1.83. The van der Waals surface area contributed by atoms with Crippen LogP contribution < -0.4 is 0 Å². The molecule has 2 saturated heterocycles. The van der Waals surface area contributed by atoms with Crippen molar-refractivity contribution < 1.29 is 14.3 Å².